The van der Waals surface area contributed by atoms with Gasteiger partial charge in [0.25, 0.3) is 5.91 Å². The molecule has 1 amide bonds. The molecule has 0 aromatic carbocycles. The lowest BCUT2D eigenvalue weighted by Crippen LogP contribution is -2.55. The first-order chi connectivity index (χ1) is 11.7. The highest BCUT2D eigenvalue weighted by Crippen LogP contribution is 2.39. The fourth-order valence-electron chi connectivity index (χ4n) is 3.91. The van der Waals surface area contributed by atoms with Crippen molar-refractivity contribution in [1.29, 1.82) is 0 Å². The van der Waals surface area contributed by atoms with Crippen molar-refractivity contribution in [1.82, 2.24) is 20.8 Å². The molecule has 1 aliphatic heterocycles. The summed E-state index contributed by atoms with van der Waals surface area (Å²) in [7, 11) is 0. The number of hydroxylamine groups is 1. The van der Waals surface area contributed by atoms with Crippen LogP contribution in [-0.4, -0.2) is 39.7 Å². The first kappa shape index (κ1) is 16.9. The third-order valence-electron chi connectivity index (χ3n) is 5.12. The molecule has 0 bridgehead atoms. The highest BCUT2D eigenvalue weighted by Gasteiger charge is 2.41. The van der Waals surface area contributed by atoms with Crippen molar-refractivity contribution in [2.45, 2.75) is 44.1 Å². The Labute approximate surface area is 141 Å². The Morgan fingerprint density at radius 2 is 2.12 bits per heavy atom. The molecule has 1 atom stereocenters. The van der Waals surface area contributed by atoms with E-state index in [4.69, 9.17) is 5.21 Å². The molecule has 7 heteroatoms. The number of carbonyl (C=O) groups excluding carboxylic acids is 1. The average Bonchev–Trinajstić information content (AvgIpc) is 3.17. The van der Waals surface area contributed by atoms with Crippen LogP contribution in [0.4, 0.5) is 5.82 Å². The van der Waals surface area contributed by atoms with Crippen LogP contribution in [0.3, 0.4) is 0 Å². The number of nitrogens with zero attached hydrogens (tertiary/aromatic N) is 2. The minimum atomic E-state index is -0.590. The highest BCUT2D eigenvalue weighted by atomic mass is 16.5. The number of carbonyl (C=O) groups is 1. The van der Waals surface area contributed by atoms with Gasteiger partial charge in [-0.1, -0.05) is 12.8 Å². The van der Waals surface area contributed by atoms with Gasteiger partial charge in [0, 0.05) is 12.6 Å². The van der Waals surface area contributed by atoms with E-state index in [-0.39, 0.29) is 5.54 Å². The van der Waals surface area contributed by atoms with Crippen LogP contribution in [0.2, 0.25) is 0 Å². The van der Waals surface area contributed by atoms with Crippen LogP contribution in [-0.2, 0) is 4.79 Å². The smallest absolute Gasteiger partial charge is 0.267 e. The van der Waals surface area contributed by atoms with Crippen molar-refractivity contribution < 1.29 is 10.0 Å². The molecule has 1 aliphatic carbocycles. The predicted molar refractivity (Wildman–Crippen MR) is 91.4 cm³/mol. The second kappa shape index (κ2) is 7.72. The molecule has 130 valence electrons. The van der Waals surface area contributed by atoms with Crippen LogP contribution in [0.25, 0.3) is 6.08 Å². The Morgan fingerprint density at radius 1 is 1.29 bits per heavy atom. The van der Waals surface area contributed by atoms with E-state index in [2.05, 4.69) is 20.6 Å². The predicted octanol–water partition coefficient (Wildman–Crippen LogP) is 1.72. The molecule has 1 aromatic heterocycles. The molecule has 24 heavy (non-hydrogen) atoms. The summed E-state index contributed by atoms with van der Waals surface area (Å²) in [5.74, 6) is 0.863. The minimum Gasteiger partial charge on any atom is -0.362 e. The number of anilines is 1. The van der Waals surface area contributed by atoms with Gasteiger partial charge in [-0.3, -0.25) is 15.0 Å². The number of piperidine rings is 1. The molecule has 2 aliphatic rings. The van der Waals surface area contributed by atoms with Crippen molar-refractivity contribution in [2.75, 3.05) is 18.4 Å². The fraction of sp³-hybridized carbons (Fsp3) is 0.588. The number of aromatic nitrogens is 2. The van der Waals surface area contributed by atoms with Crippen LogP contribution in [0.1, 0.15) is 44.2 Å². The summed E-state index contributed by atoms with van der Waals surface area (Å²) in [5.41, 5.74) is 2.18. The molecule has 7 nitrogen and oxygen atoms in total. The standard InChI is InChI=1S/C17H25N5O2/c23-16(22-24)7-6-14-10-20-15(11-19-14)21-17(8-3-9-18-12-17)13-4-1-2-5-13/h6-7,10-11,13,18,24H,1-5,8-9,12H2,(H,20,21)(H,22,23)/b7-6+/t17-/m0/s1. The molecular formula is C17H25N5O2. The SMILES string of the molecule is O=C(/C=C/c1cnc(N[C@@]2(C3CCCC3)CCCNC2)cn1)NO. The number of hydrogen-bond acceptors (Lipinski definition) is 6. The fourth-order valence-corrected chi connectivity index (χ4v) is 3.91. The van der Waals surface area contributed by atoms with E-state index >= 15 is 0 Å². The van der Waals surface area contributed by atoms with Crippen molar-refractivity contribution in [3.8, 4) is 0 Å². The van der Waals surface area contributed by atoms with E-state index in [9.17, 15) is 4.79 Å². The number of hydrogen-bond donors (Lipinski definition) is 4. The summed E-state index contributed by atoms with van der Waals surface area (Å²) in [6.45, 7) is 2.05. The van der Waals surface area contributed by atoms with Crippen LogP contribution in [0.15, 0.2) is 18.5 Å². The van der Waals surface area contributed by atoms with Crippen molar-refractivity contribution in [3.05, 3.63) is 24.2 Å². The van der Waals surface area contributed by atoms with Gasteiger partial charge in [-0.15, -0.1) is 0 Å². The first-order valence-corrected chi connectivity index (χ1v) is 8.65. The maximum atomic E-state index is 11.0. The second-order valence-electron chi connectivity index (χ2n) is 6.68. The molecule has 0 radical (unpaired) electrons. The maximum Gasteiger partial charge on any atom is 0.267 e. The molecule has 1 saturated carbocycles. The van der Waals surface area contributed by atoms with Gasteiger partial charge < -0.3 is 10.6 Å². The lowest BCUT2D eigenvalue weighted by molar-refractivity contribution is -0.124. The molecule has 1 aromatic rings. The van der Waals surface area contributed by atoms with Crippen LogP contribution in [0.5, 0.6) is 0 Å². The molecule has 3 rings (SSSR count). The Bertz CT molecular complexity index is 575. The lowest BCUT2D eigenvalue weighted by Gasteiger charge is -2.43. The van der Waals surface area contributed by atoms with Crippen LogP contribution >= 0.6 is 0 Å². The second-order valence-corrected chi connectivity index (χ2v) is 6.68. The number of amides is 1. The molecular weight excluding hydrogens is 306 g/mol. The van der Waals surface area contributed by atoms with E-state index in [0.717, 1.165) is 25.3 Å². The van der Waals surface area contributed by atoms with E-state index in [1.54, 1.807) is 17.9 Å². The summed E-state index contributed by atoms with van der Waals surface area (Å²) in [6, 6.07) is 0. The minimum absolute atomic E-state index is 0.0670. The Hall–Kier alpha value is -1.99. The molecule has 0 spiro atoms. The van der Waals surface area contributed by atoms with Crippen molar-refractivity contribution in [2.24, 2.45) is 5.92 Å². The van der Waals surface area contributed by atoms with Gasteiger partial charge in [0.2, 0.25) is 0 Å². The number of nitrogens with one attached hydrogen (secondary N) is 3. The molecule has 2 heterocycles. The normalized spacial score (nSPS) is 25.0. The zero-order valence-electron chi connectivity index (χ0n) is 13.8. The van der Waals surface area contributed by atoms with Gasteiger partial charge in [0.05, 0.1) is 23.6 Å². The third-order valence-corrected chi connectivity index (χ3v) is 5.12. The molecule has 1 saturated heterocycles. The zero-order chi connectivity index (χ0) is 16.8. The van der Waals surface area contributed by atoms with Crippen molar-refractivity contribution >= 4 is 17.8 Å². The van der Waals surface area contributed by atoms with Gasteiger partial charge in [0.1, 0.15) is 5.82 Å². The molecule has 2 fully saturated rings. The molecule has 0 unspecified atom stereocenters. The van der Waals surface area contributed by atoms with E-state index < -0.39 is 5.91 Å². The zero-order valence-corrected chi connectivity index (χ0v) is 13.8. The summed E-state index contributed by atoms with van der Waals surface area (Å²) < 4.78 is 0. The first-order valence-electron chi connectivity index (χ1n) is 8.65. The Morgan fingerprint density at radius 3 is 2.75 bits per heavy atom. The van der Waals surface area contributed by atoms with Crippen LogP contribution in [0, 0.1) is 5.92 Å². The maximum absolute atomic E-state index is 11.0. The van der Waals surface area contributed by atoms with E-state index in [0.29, 0.717) is 11.6 Å². The van der Waals surface area contributed by atoms with E-state index in [1.807, 2.05) is 0 Å². The third kappa shape index (κ3) is 3.91. The number of rotatable bonds is 5. The summed E-state index contributed by atoms with van der Waals surface area (Å²) >= 11 is 0. The van der Waals surface area contributed by atoms with E-state index in [1.165, 1.54) is 44.3 Å². The lowest BCUT2D eigenvalue weighted by atomic mass is 9.77. The van der Waals surface area contributed by atoms with Crippen LogP contribution < -0.4 is 16.1 Å². The topological polar surface area (TPSA) is 99.2 Å². The van der Waals surface area contributed by atoms with Gasteiger partial charge in [-0.05, 0) is 44.2 Å². The largest absolute Gasteiger partial charge is 0.362 e. The Balaban J connectivity index is 1.70. The van der Waals surface area contributed by atoms with Gasteiger partial charge >= 0.3 is 0 Å². The van der Waals surface area contributed by atoms with Gasteiger partial charge in [0.15, 0.2) is 0 Å². The summed E-state index contributed by atoms with van der Waals surface area (Å²) in [5, 5.41) is 15.7. The Kier molecular flexibility index (Phi) is 5.42. The highest BCUT2D eigenvalue weighted by molar-refractivity contribution is 5.90. The molecule has 4 N–H and O–H groups in total. The monoisotopic (exact) mass is 331 g/mol. The van der Waals surface area contributed by atoms with Gasteiger partial charge in [-0.25, -0.2) is 10.5 Å². The van der Waals surface area contributed by atoms with Gasteiger partial charge in [-0.2, -0.15) is 0 Å². The quantitative estimate of drug-likeness (QED) is 0.372. The van der Waals surface area contributed by atoms with Crippen molar-refractivity contribution in [3.63, 3.8) is 0 Å². The summed E-state index contributed by atoms with van der Waals surface area (Å²) in [6.07, 6.45) is 13.6. The summed E-state index contributed by atoms with van der Waals surface area (Å²) in [4.78, 5) is 19.7. The average molecular weight is 331 g/mol.